The third kappa shape index (κ3) is 1.86. The van der Waals surface area contributed by atoms with Crippen molar-refractivity contribution in [2.75, 3.05) is 6.61 Å². The maximum Gasteiger partial charge on any atom is 0.162 e. The predicted molar refractivity (Wildman–Crippen MR) is 60.1 cm³/mol. The Morgan fingerprint density at radius 2 is 2.00 bits per heavy atom. The van der Waals surface area contributed by atoms with E-state index in [1.54, 1.807) is 0 Å². The lowest BCUT2D eigenvalue weighted by Crippen LogP contribution is -2.13. The Kier molecular flexibility index (Phi) is 2.91. The Morgan fingerprint density at radius 1 is 1.06 bits per heavy atom. The van der Waals surface area contributed by atoms with Gasteiger partial charge in [-0.2, -0.15) is 0 Å². The third-order valence-electron chi connectivity index (χ3n) is 3.61. The zero-order valence-corrected chi connectivity index (χ0v) is 9.69. The number of fused-ring (bicyclic) bond motifs is 1. The van der Waals surface area contributed by atoms with Crippen LogP contribution in [-0.2, 0) is 17.7 Å². The van der Waals surface area contributed by atoms with Crippen LogP contribution < -0.4 is 0 Å². The molecule has 0 amide bonds. The molecule has 4 heteroatoms. The quantitative estimate of drug-likeness (QED) is 0.730. The summed E-state index contributed by atoms with van der Waals surface area (Å²) in [4.78, 5) is 0. The minimum Gasteiger partial charge on any atom is -0.370 e. The Bertz CT molecular complexity index is 355. The van der Waals surface area contributed by atoms with Crippen molar-refractivity contribution in [2.45, 2.75) is 57.6 Å². The molecule has 0 aromatic carbocycles. The first-order valence-corrected chi connectivity index (χ1v) is 6.49. The van der Waals surface area contributed by atoms with Crippen molar-refractivity contribution in [1.29, 1.82) is 0 Å². The van der Waals surface area contributed by atoms with Crippen LogP contribution in [0.15, 0.2) is 0 Å². The monoisotopic (exact) mass is 221 g/mol. The Balaban J connectivity index is 1.87. The van der Waals surface area contributed by atoms with E-state index in [9.17, 15) is 0 Å². The minimum atomic E-state index is 0.209. The zero-order chi connectivity index (χ0) is 10.8. The first-order valence-electron chi connectivity index (χ1n) is 6.49. The summed E-state index contributed by atoms with van der Waals surface area (Å²) >= 11 is 0. The van der Waals surface area contributed by atoms with Crippen LogP contribution in [0.4, 0.5) is 0 Å². The van der Waals surface area contributed by atoms with Gasteiger partial charge in [0.05, 0.1) is 0 Å². The van der Waals surface area contributed by atoms with Crippen LogP contribution in [0.5, 0.6) is 0 Å². The minimum absolute atomic E-state index is 0.209. The SMILES string of the molecule is C1CCCn2c(nnc2[C@@H]2CCCO2)CC1. The van der Waals surface area contributed by atoms with E-state index in [1.165, 1.54) is 31.5 Å². The van der Waals surface area contributed by atoms with Crippen molar-refractivity contribution >= 4 is 0 Å². The van der Waals surface area contributed by atoms with Gasteiger partial charge >= 0.3 is 0 Å². The molecule has 2 aliphatic heterocycles. The van der Waals surface area contributed by atoms with Gasteiger partial charge < -0.3 is 9.30 Å². The summed E-state index contributed by atoms with van der Waals surface area (Å²) in [5.41, 5.74) is 0. The van der Waals surface area contributed by atoms with Crippen molar-refractivity contribution in [2.24, 2.45) is 0 Å². The number of aromatic nitrogens is 3. The van der Waals surface area contributed by atoms with Crippen LogP contribution in [0.1, 0.15) is 56.3 Å². The molecule has 88 valence electrons. The lowest BCUT2D eigenvalue weighted by Gasteiger charge is -2.15. The lowest BCUT2D eigenvalue weighted by molar-refractivity contribution is 0.101. The average molecular weight is 221 g/mol. The summed E-state index contributed by atoms with van der Waals surface area (Å²) in [6.07, 6.45) is 8.74. The van der Waals surface area contributed by atoms with Gasteiger partial charge in [-0.05, 0) is 25.7 Å². The molecular formula is C12H19N3O. The fourth-order valence-electron chi connectivity index (χ4n) is 2.70. The second-order valence-electron chi connectivity index (χ2n) is 4.79. The molecule has 0 aliphatic carbocycles. The molecular weight excluding hydrogens is 202 g/mol. The van der Waals surface area contributed by atoms with Crippen molar-refractivity contribution in [3.8, 4) is 0 Å². The van der Waals surface area contributed by atoms with Gasteiger partial charge in [0.25, 0.3) is 0 Å². The topological polar surface area (TPSA) is 39.9 Å². The summed E-state index contributed by atoms with van der Waals surface area (Å²) in [6, 6.07) is 0. The van der Waals surface area contributed by atoms with Gasteiger partial charge in [-0.25, -0.2) is 0 Å². The van der Waals surface area contributed by atoms with Crippen LogP contribution >= 0.6 is 0 Å². The van der Waals surface area contributed by atoms with Crippen LogP contribution in [0, 0.1) is 0 Å². The van der Waals surface area contributed by atoms with Crippen molar-refractivity contribution in [1.82, 2.24) is 14.8 Å². The summed E-state index contributed by atoms with van der Waals surface area (Å²) in [5.74, 6) is 2.25. The number of ether oxygens (including phenoxy) is 1. The highest BCUT2D eigenvalue weighted by atomic mass is 16.5. The summed E-state index contributed by atoms with van der Waals surface area (Å²) in [5, 5.41) is 8.69. The lowest BCUT2D eigenvalue weighted by atomic mass is 10.1. The normalized spacial score (nSPS) is 26.1. The molecule has 0 radical (unpaired) electrons. The average Bonchev–Trinajstić information content (AvgIpc) is 2.86. The first kappa shape index (κ1) is 10.3. The fourth-order valence-corrected chi connectivity index (χ4v) is 2.70. The second-order valence-corrected chi connectivity index (χ2v) is 4.79. The van der Waals surface area contributed by atoms with Crippen molar-refractivity contribution < 1.29 is 4.74 Å². The molecule has 1 fully saturated rings. The molecule has 1 aromatic rings. The molecule has 1 atom stereocenters. The molecule has 4 nitrogen and oxygen atoms in total. The summed E-state index contributed by atoms with van der Waals surface area (Å²) in [6.45, 7) is 1.96. The predicted octanol–water partition coefficient (Wildman–Crippen LogP) is 2.25. The number of hydrogen-bond donors (Lipinski definition) is 0. The molecule has 1 aromatic heterocycles. The summed E-state index contributed by atoms with van der Waals surface area (Å²) < 4.78 is 8.03. The van der Waals surface area contributed by atoms with E-state index in [4.69, 9.17) is 4.74 Å². The zero-order valence-electron chi connectivity index (χ0n) is 9.69. The summed E-state index contributed by atoms with van der Waals surface area (Å²) in [7, 11) is 0. The Labute approximate surface area is 96.0 Å². The largest absolute Gasteiger partial charge is 0.370 e. The molecule has 2 aliphatic rings. The van der Waals surface area contributed by atoms with E-state index in [0.29, 0.717) is 0 Å². The number of aryl methyl sites for hydroxylation is 1. The van der Waals surface area contributed by atoms with Gasteiger partial charge in [-0.3, -0.25) is 0 Å². The van der Waals surface area contributed by atoms with Crippen LogP contribution in [0.25, 0.3) is 0 Å². The second kappa shape index (κ2) is 4.53. The highest BCUT2D eigenvalue weighted by Crippen LogP contribution is 2.28. The molecule has 0 N–H and O–H groups in total. The maximum absolute atomic E-state index is 5.71. The van der Waals surface area contributed by atoms with E-state index in [0.717, 1.165) is 38.2 Å². The molecule has 3 rings (SSSR count). The molecule has 0 bridgehead atoms. The molecule has 16 heavy (non-hydrogen) atoms. The van der Waals surface area contributed by atoms with Gasteiger partial charge in [-0.1, -0.05) is 12.8 Å². The number of rotatable bonds is 1. The first-order chi connectivity index (χ1) is 7.95. The van der Waals surface area contributed by atoms with Gasteiger partial charge in [0.15, 0.2) is 5.82 Å². The Morgan fingerprint density at radius 3 is 2.88 bits per heavy atom. The molecule has 0 saturated carbocycles. The number of hydrogen-bond acceptors (Lipinski definition) is 3. The molecule has 3 heterocycles. The smallest absolute Gasteiger partial charge is 0.162 e. The third-order valence-corrected chi connectivity index (χ3v) is 3.61. The molecule has 1 saturated heterocycles. The van der Waals surface area contributed by atoms with Gasteiger partial charge in [0.2, 0.25) is 0 Å². The van der Waals surface area contributed by atoms with Crippen LogP contribution in [0.2, 0.25) is 0 Å². The van der Waals surface area contributed by atoms with E-state index in [-0.39, 0.29) is 6.10 Å². The van der Waals surface area contributed by atoms with Crippen molar-refractivity contribution in [3.63, 3.8) is 0 Å². The van der Waals surface area contributed by atoms with E-state index < -0.39 is 0 Å². The Hall–Kier alpha value is -0.900. The van der Waals surface area contributed by atoms with E-state index in [2.05, 4.69) is 14.8 Å². The maximum atomic E-state index is 5.71. The van der Waals surface area contributed by atoms with E-state index in [1.807, 2.05) is 0 Å². The molecule has 0 spiro atoms. The van der Waals surface area contributed by atoms with Gasteiger partial charge in [-0.15, -0.1) is 10.2 Å². The van der Waals surface area contributed by atoms with Gasteiger partial charge in [0, 0.05) is 19.6 Å². The molecule has 0 unspecified atom stereocenters. The van der Waals surface area contributed by atoms with Crippen LogP contribution in [-0.4, -0.2) is 21.4 Å². The van der Waals surface area contributed by atoms with Gasteiger partial charge in [0.1, 0.15) is 11.9 Å². The number of nitrogens with zero attached hydrogens (tertiary/aromatic N) is 3. The van der Waals surface area contributed by atoms with Crippen LogP contribution in [0.3, 0.4) is 0 Å². The standard InChI is InChI=1S/C12H19N3O/c1-2-4-8-15-11(7-3-1)13-14-12(15)10-6-5-9-16-10/h10H,1-9H2/t10-/m0/s1. The van der Waals surface area contributed by atoms with E-state index >= 15 is 0 Å². The highest BCUT2D eigenvalue weighted by Gasteiger charge is 2.25. The highest BCUT2D eigenvalue weighted by molar-refractivity contribution is 5.01. The fraction of sp³-hybridized carbons (Fsp3) is 0.833. The van der Waals surface area contributed by atoms with Crippen molar-refractivity contribution in [3.05, 3.63) is 11.6 Å².